The van der Waals surface area contributed by atoms with Crippen molar-refractivity contribution in [2.75, 3.05) is 0 Å². The highest BCUT2D eigenvalue weighted by molar-refractivity contribution is 6.32. The van der Waals surface area contributed by atoms with E-state index in [0.717, 1.165) is 0 Å². The number of ether oxygens (including phenoxy) is 1. The summed E-state index contributed by atoms with van der Waals surface area (Å²) in [6.45, 7) is 1.77. The van der Waals surface area contributed by atoms with Crippen molar-refractivity contribution in [2.24, 2.45) is 0 Å². The fraction of sp³-hybridized carbons (Fsp3) is 0.200. The fourth-order valence-electron chi connectivity index (χ4n) is 1.66. The number of aliphatic hydroxyl groups is 1. The lowest BCUT2D eigenvalue weighted by atomic mass is 10.1. The van der Waals surface area contributed by atoms with Gasteiger partial charge in [-0.2, -0.15) is 0 Å². The SMILES string of the molecule is C[C@@H](O)c1ccc(OCc2ccccc2F)c(Cl)c1. The summed E-state index contributed by atoms with van der Waals surface area (Å²) < 4.78 is 18.9. The van der Waals surface area contributed by atoms with Gasteiger partial charge in [-0.15, -0.1) is 0 Å². The van der Waals surface area contributed by atoms with E-state index < -0.39 is 6.10 Å². The third kappa shape index (κ3) is 3.46. The van der Waals surface area contributed by atoms with Gasteiger partial charge in [0.2, 0.25) is 0 Å². The Labute approximate surface area is 116 Å². The average Bonchev–Trinajstić information content (AvgIpc) is 2.39. The molecular formula is C15H14ClFO2. The quantitative estimate of drug-likeness (QED) is 0.913. The first kappa shape index (κ1) is 13.8. The van der Waals surface area contributed by atoms with Gasteiger partial charge in [0.1, 0.15) is 18.2 Å². The number of halogens is 2. The van der Waals surface area contributed by atoms with E-state index in [0.29, 0.717) is 21.9 Å². The molecule has 19 heavy (non-hydrogen) atoms. The van der Waals surface area contributed by atoms with Gasteiger partial charge in [-0.05, 0) is 30.7 Å². The second kappa shape index (κ2) is 6.04. The summed E-state index contributed by atoms with van der Waals surface area (Å²) in [6, 6.07) is 11.5. The minimum Gasteiger partial charge on any atom is -0.487 e. The van der Waals surface area contributed by atoms with E-state index in [-0.39, 0.29) is 12.4 Å². The van der Waals surface area contributed by atoms with E-state index >= 15 is 0 Å². The van der Waals surface area contributed by atoms with Crippen LogP contribution in [0, 0.1) is 5.82 Å². The van der Waals surface area contributed by atoms with E-state index in [1.807, 2.05) is 0 Å². The molecule has 1 atom stereocenters. The van der Waals surface area contributed by atoms with Gasteiger partial charge in [-0.1, -0.05) is 35.9 Å². The van der Waals surface area contributed by atoms with E-state index in [1.165, 1.54) is 6.07 Å². The predicted octanol–water partition coefficient (Wildman–Crippen LogP) is 4.11. The molecule has 2 rings (SSSR count). The van der Waals surface area contributed by atoms with Gasteiger partial charge < -0.3 is 9.84 Å². The van der Waals surface area contributed by atoms with Crippen LogP contribution in [0.1, 0.15) is 24.2 Å². The molecule has 0 fully saturated rings. The minimum atomic E-state index is -0.585. The monoisotopic (exact) mass is 280 g/mol. The molecule has 1 N–H and O–H groups in total. The summed E-state index contributed by atoms with van der Waals surface area (Å²) in [5, 5.41) is 9.83. The summed E-state index contributed by atoms with van der Waals surface area (Å²) >= 11 is 6.05. The van der Waals surface area contributed by atoms with E-state index in [1.54, 1.807) is 43.3 Å². The normalized spacial score (nSPS) is 12.2. The van der Waals surface area contributed by atoms with E-state index in [2.05, 4.69) is 0 Å². The molecule has 0 aromatic heterocycles. The van der Waals surface area contributed by atoms with Crippen LogP contribution in [-0.2, 0) is 6.61 Å². The Morgan fingerprint density at radius 3 is 2.63 bits per heavy atom. The van der Waals surface area contributed by atoms with Crippen LogP contribution in [0.3, 0.4) is 0 Å². The maximum absolute atomic E-state index is 13.4. The Morgan fingerprint density at radius 1 is 1.26 bits per heavy atom. The number of rotatable bonds is 4. The molecule has 0 aliphatic heterocycles. The van der Waals surface area contributed by atoms with Crippen LogP contribution in [-0.4, -0.2) is 5.11 Å². The first-order valence-corrected chi connectivity index (χ1v) is 6.29. The molecule has 0 aliphatic carbocycles. The third-order valence-electron chi connectivity index (χ3n) is 2.78. The zero-order chi connectivity index (χ0) is 13.8. The number of hydrogen-bond acceptors (Lipinski definition) is 2. The van der Waals surface area contributed by atoms with Crippen LogP contribution >= 0.6 is 11.6 Å². The highest BCUT2D eigenvalue weighted by atomic mass is 35.5. The predicted molar refractivity (Wildman–Crippen MR) is 72.8 cm³/mol. The van der Waals surface area contributed by atoms with Crippen LogP contribution < -0.4 is 4.74 Å². The first-order valence-electron chi connectivity index (χ1n) is 5.91. The smallest absolute Gasteiger partial charge is 0.138 e. The number of aliphatic hydroxyl groups excluding tert-OH is 1. The topological polar surface area (TPSA) is 29.5 Å². The van der Waals surface area contributed by atoms with Gasteiger partial charge in [0.05, 0.1) is 11.1 Å². The molecule has 2 aromatic carbocycles. The van der Waals surface area contributed by atoms with Crippen molar-refractivity contribution in [2.45, 2.75) is 19.6 Å². The molecule has 0 saturated carbocycles. The molecule has 0 heterocycles. The molecule has 100 valence electrons. The second-order valence-electron chi connectivity index (χ2n) is 4.25. The van der Waals surface area contributed by atoms with Gasteiger partial charge in [0, 0.05) is 5.56 Å². The van der Waals surface area contributed by atoms with Gasteiger partial charge in [-0.3, -0.25) is 0 Å². The standard InChI is InChI=1S/C15H14ClFO2/c1-10(18)11-6-7-15(13(16)8-11)19-9-12-4-2-3-5-14(12)17/h2-8,10,18H,9H2,1H3/t10-/m1/s1. The molecule has 0 aliphatic rings. The molecule has 4 heteroatoms. The maximum Gasteiger partial charge on any atom is 0.138 e. The van der Waals surface area contributed by atoms with Crippen molar-refractivity contribution >= 4 is 11.6 Å². The Kier molecular flexibility index (Phi) is 4.40. The van der Waals surface area contributed by atoms with Gasteiger partial charge in [0.15, 0.2) is 0 Å². The Morgan fingerprint density at radius 2 is 2.00 bits per heavy atom. The summed E-state index contributed by atoms with van der Waals surface area (Å²) in [7, 11) is 0. The van der Waals surface area contributed by atoms with Crippen molar-refractivity contribution in [1.29, 1.82) is 0 Å². The molecule has 0 unspecified atom stereocenters. The van der Waals surface area contributed by atoms with Crippen molar-refractivity contribution in [1.82, 2.24) is 0 Å². The lowest BCUT2D eigenvalue weighted by Gasteiger charge is -2.11. The summed E-state index contributed by atoms with van der Waals surface area (Å²) in [5.41, 5.74) is 1.18. The van der Waals surface area contributed by atoms with E-state index in [9.17, 15) is 9.50 Å². The second-order valence-corrected chi connectivity index (χ2v) is 4.65. The van der Waals surface area contributed by atoms with Crippen molar-refractivity contribution < 1.29 is 14.2 Å². The lowest BCUT2D eigenvalue weighted by molar-refractivity contribution is 0.199. The van der Waals surface area contributed by atoms with Crippen LogP contribution in [0.15, 0.2) is 42.5 Å². The molecule has 0 amide bonds. The Hall–Kier alpha value is -1.58. The molecular weight excluding hydrogens is 267 g/mol. The van der Waals surface area contributed by atoms with Crippen molar-refractivity contribution in [3.8, 4) is 5.75 Å². The molecule has 0 spiro atoms. The van der Waals surface area contributed by atoms with Crippen LogP contribution in [0.2, 0.25) is 5.02 Å². The zero-order valence-electron chi connectivity index (χ0n) is 10.4. The van der Waals surface area contributed by atoms with Crippen LogP contribution in [0.25, 0.3) is 0 Å². The third-order valence-corrected chi connectivity index (χ3v) is 3.07. The summed E-state index contributed by atoms with van der Waals surface area (Å²) in [6.07, 6.45) is -0.585. The molecule has 0 radical (unpaired) electrons. The highest BCUT2D eigenvalue weighted by Gasteiger charge is 2.08. The highest BCUT2D eigenvalue weighted by Crippen LogP contribution is 2.28. The van der Waals surface area contributed by atoms with Crippen molar-refractivity contribution in [3.63, 3.8) is 0 Å². The van der Waals surface area contributed by atoms with Crippen LogP contribution in [0.4, 0.5) is 4.39 Å². The van der Waals surface area contributed by atoms with Gasteiger partial charge in [0.25, 0.3) is 0 Å². The summed E-state index contributed by atoms with van der Waals surface area (Å²) in [5.74, 6) is 0.161. The largest absolute Gasteiger partial charge is 0.487 e. The average molecular weight is 281 g/mol. The van der Waals surface area contributed by atoms with Crippen LogP contribution in [0.5, 0.6) is 5.75 Å². The van der Waals surface area contributed by atoms with Gasteiger partial charge in [-0.25, -0.2) is 4.39 Å². The van der Waals surface area contributed by atoms with E-state index in [4.69, 9.17) is 16.3 Å². The first-order chi connectivity index (χ1) is 9.08. The Bertz CT molecular complexity index is 570. The molecule has 0 bridgehead atoms. The fourth-order valence-corrected chi connectivity index (χ4v) is 1.91. The number of hydrogen-bond donors (Lipinski definition) is 1. The molecule has 2 nitrogen and oxygen atoms in total. The van der Waals surface area contributed by atoms with Crippen molar-refractivity contribution in [3.05, 3.63) is 64.4 Å². The molecule has 2 aromatic rings. The Balaban J connectivity index is 2.10. The zero-order valence-corrected chi connectivity index (χ0v) is 11.2. The van der Waals surface area contributed by atoms with Gasteiger partial charge >= 0.3 is 0 Å². The lowest BCUT2D eigenvalue weighted by Crippen LogP contribution is -1.99. The number of benzene rings is 2. The minimum absolute atomic E-state index is 0.112. The molecule has 0 saturated heterocycles. The summed E-state index contributed by atoms with van der Waals surface area (Å²) in [4.78, 5) is 0. The maximum atomic E-state index is 13.4.